The molecule has 44 heavy (non-hydrogen) atoms. The smallest absolute Gasteiger partial charge is 0.230 e. The minimum absolute atomic E-state index is 0.0535. The lowest BCUT2D eigenvalue weighted by Gasteiger charge is -2.40. The Morgan fingerprint density at radius 3 is 2.39 bits per heavy atom. The van der Waals surface area contributed by atoms with Gasteiger partial charge in [-0.3, -0.25) is 14.5 Å². The second kappa shape index (κ2) is 15.5. The maximum Gasteiger partial charge on any atom is 0.230 e. The number of hydrogen-bond donors (Lipinski definition) is 4. The van der Waals surface area contributed by atoms with Crippen LogP contribution in [0.25, 0.3) is 5.57 Å². The average molecular weight is 607 g/mol. The molecule has 0 aromatic carbocycles. The predicted octanol–water partition coefficient (Wildman–Crippen LogP) is 4.39. The van der Waals surface area contributed by atoms with Crippen molar-refractivity contribution in [2.75, 3.05) is 54.9 Å². The summed E-state index contributed by atoms with van der Waals surface area (Å²) in [5, 5.41) is 19.0. The highest BCUT2D eigenvalue weighted by Gasteiger charge is 2.27. The first-order valence-corrected chi connectivity index (χ1v) is 16.0. The normalized spacial score (nSPS) is 17.7. The van der Waals surface area contributed by atoms with E-state index >= 15 is 0 Å². The molecule has 2 aromatic rings. The molecule has 1 saturated carbocycles. The van der Waals surface area contributed by atoms with E-state index in [0.29, 0.717) is 35.6 Å². The molecule has 1 atom stereocenters. The summed E-state index contributed by atoms with van der Waals surface area (Å²) in [5.74, 6) is 1.54. The van der Waals surface area contributed by atoms with Crippen molar-refractivity contribution in [2.45, 2.75) is 84.7 Å². The highest BCUT2D eigenvalue weighted by atomic mass is 16.3. The zero-order valence-corrected chi connectivity index (χ0v) is 27.0. The number of hydrogen-bond acceptors (Lipinski definition) is 10. The van der Waals surface area contributed by atoms with E-state index in [1.54, 1.807) is 13.1 Å². The number of carbonyl (C=O) groups is 2. The maximum atomic E-state index is 12.6. The predicted molar refractivity (Wildman–Crippen MR) is 176 cm³/mol. The highest BCUT2D eigenvalue weighted by Crippen LogP contribution is 2.37. The third-order valence-corrected chi connectivity index (χ3v) is 8.71. The number of piperazine rings is 1. The summed E-state index contributed by atoms with van der Waals surface area (Å²) in [4.78, 5) is 42.5. The van der Waals surface area contributed by atoms with E-state index in [-0.39, 0.29) is 23.8 Å². The quantitative estimate of drug-likeness (QED) is 0.181. The number of pyridine rings is 1. The molecular weight excluding hydrogens is 556 g/mol. The summed E-state index contributed by atoms with van der Waals surface area (Å²) < 4.78 is 0. The van der Waals surface area contributed by atoms with Gasteiger partial charge in [0.25, 0.3) is 0 Å². The molecule has 0 spiro atoms. The van der Waals surface area contributed by atoms with Gasteiger partial charge in [0.05, 0.1) is 11.9 Å². The van der Waals surface area contributed by atoms with E-state index in [1.165, 1.54) is 0 Å². The van der Waals surface area contributed by atoms with Crippen LogP contribution in [0.3, 0.4) is 0 Å². The van der Waals surface area contributed by atoms with E-state index < -0.39 is 0 Å². The molecule has 1 aliphatic heterocycles. The Labute approximate surface area is 261 Å². The first kappa shape index (κ1) is 33.5. The van der Waals surface area contributed by atoms with Gasteiger partial charge in [0.15, 0.2) is 5.78 Å². The second-order valence-corrected chi connectivity index (χ2v) is 13.0. The number of allylic oxidation sites excluding steroid dienone is 2. The van der Waals surface area contributed by atoms with Gasteiger partial charge in [-0.2, -0.15) is 4.98 Å². The lowest BCUT2D eigenvalue weighted by atomic mass is 9.88. The number of ketones is 1. The fourth-order valence-corrected chi connectivity index (χ4v) is 6.48. The number of amides is 1. The van der Waals surface area contributed by atoms with Crippen molar-refractivity contribution in [1.82, 2.24) is 25.2 Å². The molecule has 2 aliphatic rings. The van der Waals surface area contributed by atoms with Gasteiger partial charge in [0, 0.05) is 61.7 Å². The number of rotatable bonds is 14. The van der Waals surface area contributed by atoms with Crippen molar-refractivity contribution < 1.29 is 14.7 Å². The van der Waals surface area contributed by atoms with Gasteiger partial charge in [-0.25, -0.2) is 9.97 Å². The maximum absolute atomic E-state index is 12.6. The minimum atomic E-state index is 0.0535. The van der Waals surface area contributed by atoms with Crippen LogP contribution in [0, 0.1) is 5.92 Å². The van der Waals surface area contributed by atoms with Crippen LogP contribution in [0.1, 0.15) is 78.7 Å². The van der Waals surface area contributed by atoms with Gasteiger partial charge in [-0.15, -0.1) is 0 Å². The fourth-order valence-electron chi connectivity index (χ4n) is 6.48. The topological polar surface area (TPSA) is 136 Å². The zero-order valence-electron chi connectivity index (χ0n) is 27.0. The molecule has 1 unspecified atom stereocenters. The van der Waals surface area contributed by atoms with E-state index in [0.717, 1.165) is 88.1 Å². The molecule has 4 N–H and O–H groups in total. The van der Waals surface area contributed by atoms with Gasteiger partial charge in [-0.05, 0) is 90.5 Å². The van der Waals surface area contributed by atoms with Gasteiger partial charge < -0.3 is 26.0 Å². The second-order valence-electron chi connectivity index (χ2n) is 13.0. The zero-order chi connectivity index (χ0) is 31.7. The highest BCUT2D eigenvalue weighted by molar-refractivity contribution is 6.02. The van der Waals surface area contributed by atoms with Gasteiger partial charge in [0.2, 0.25) is 12.4 Å². The Hall–Kier alpha value is -3.41. The molecular formula is C33H50N8O3. The molecule has 11 heteroatoms. The van der Waals surface area contributed by atoms with Crippen molar-refractivity contribution >= 4 is 41.0 Å². The van der Waals surface area contributed by atoms with Crippen molar-refractivity contribution in [3.8, 4) is 0 Å². The molecule has 0 bridgehead atoms. The van der Waals surface area contributed by atoms with Crippen LogP contribution in [-0.2, 0) is 9.59 Å². The molecule has 2 aromatic heterocycles. The van der Waals surface area contributed by atoms with E-state index in [1.807, 2.05) is 25.3 Å². The molecule has 240 valence electrons. The molecule has 1 amide bonds. The molecule has 11 nitrogen and oxygen atoms in total. The summed E-state index contributed by atoms with van der Waals surface area (Å²) in [6.45, 7) is 14.8. The van der Waals surface area contributed by atoms with Crippen LogP contribution in [0.4, 0.5) is 23.3 Å². The summed E-state index contributed by atoms with van der Waals surface area (Å²) in [7, 11) is 0. The molecule has 2 fully saturated rings. The number of nitrogens with one attached hydrogen (secondary N) is 3. The van der Waals surface area contributed by atoms with E-state index in [4.69, 9.17) is 0 Å². The SMILES string of the molecule is CC(=O)/C(=C(\C)c1cnc(Nc2ccc(N3CCN(C(CCO)CCNC(C)(C)C)CC3)cn2)nc1NC=O)C1CCCC1. The Morgan fingerprint density at radius 2 is 1.80 bits per heavy atom. The van der Waals surface area contributed by atoms with E-state index in [9.17, 15) is 14.7 Å². The number of aliphatic hydroxyl groups is 1. The Kier molecular flexibility index (Phi) is 11.8. The number of anilines is 4. The molecule has 0 radical (unpaired) electrons. The van der Waals surface area contributed by atoms with Crippen molar-refractivity contribution in [3.05, 3.63) is 35.7 Å². The van der Waals surface area contributed by atoms with Crippen LogP contribution in [0.15, 0.2) is 30.1 Å². The molecule has 1 saturated heterocycles. The first-order chi connectivity index (χ1) is 21.1. The van der Waals surface area contributed by atoms with Crippen LogP contribution in [0.2, 0.25) is 0 Å². The van der Waals surface area contributed by atoms with Crippen LogP contribution in [0.5, 0.6) is 0 Å². The number of aliphatic hydroxyl groups excluding tert-OH is 1. The van der Waals surface area contributed by atoms with Crippen molar-refractivity contribution in [3.63, 3.8) is 0 Å². The summed E-state index contributed by atoms with van der Waals surface area (Å²) in [5.41, 5.74) is 3.40. The van der Waals surface area contributed by atoms with Crippen LogP contribution < -0.4 is 20.9 Å². The standard InChI is InChI=1S/C33H50N8O3/c1-23(30(24(2)44)25-8-6-7-9-25)28-21-35-32(39-31(28)36-22-43)38-29-11-10-27(20-34-29)41-17-15-40(16-18-41)26(13-19-42)12-14-37-33(3,4)5/h10-11,20-22,25-26,37,42H,6-9,12-19H2,1-5H3,(H2,34,35,36,38,39,43)/b30-23-. The third-order valence-electron chi connectivity index (χ3n) is 8.71. The van der Waals surface area contributed by atoms with Gasteiger partial charge >= 0.3 is 0 Å². The first-order valence-electron chi connectivity index (χ1n) is 16.0. The van der Waals surface area contributed by atoms with Crippen LogP contribution >= 0.6 is 0 Å². The monoisotopic (exact) mass is 606 g/mol. The summed E-state index contributed by atoms with van der Waals surface area (Å²) in [6, 6.07) is 4.30. The minimum Gasteiger partial charge on any atom is -0.396 e. The lowest BCUT2D eigenvalue weighted by Crippen LogP contribution is -2.51. The average Bonchev–Trinajstić information content (AvgIpc) is 3.51. The Balaban J connectivity index is 1.39. The third kappa shape index (κ3) is 9.06. The Morgan fingerprint density at radius 1 is 1.07 bits per heavy atom. The molecule has 4 rings (SSSR count). The Bertz CT molecular complexity index is 1280. The van der Waals surface area contributed by atoms with Crippen molar-refractivity contribution in [1.29, 1.82) is 0 Å². The lowest BCUT2D eigenvalue weighted by molar-refractivity contribution is -0.114. The van der Waals surface area contributed by atoms with Crippen molar-refractivity contribution in [2.24, 2.45) is 5.92 Å². The van der Waals surface area contributed by atoms with E-state index in [2.05, 4.69) is 61.5 Å². The number of nitrogens with zero attached hydrogens (tertiary/aromatic N) is 5. The van der Waals surface area contributed by atoms with Gasteiger partial charge in [-0.1, -0.05) is 12.8 Å². The number of Topliss-reactive ketones (excluding diaryl/α,β-unsaturated/α-hetero) is 1. The summed E-state index contributed by atoms with van der Waals surface area (Å²) >= 11 is 0. The number of carbonyl (C=O) groups excluding carboxylic acids is 2. The van der Waals surface area contributed by atoms with Gasteiger partial charge in [0.1, 0.15) is 11.6 Å². The molecule has 3 heterocycles. The summed E-state index contributed by atoms with van der Waals surface area (Å²) in [6.07, 6.45) is 10.1. The largest absolute Gasteiger partial charge is 0.396 e. The molecule has 1 aliphatic carbocycles. The van der Waals surface area contributed by atoms with Crippen LogP contribution in [-0.4, -0.2) is 88.1 Å². The number of aromatic nitrogens is 3. The fraction of sp³-hybridized carbons (Fsp3) is 0.606.